The van der Waals surface area contributed by atoms with Gasteiger partial charge in [0.25, 0.3) is 0 Å². The Morgan fingerprint density at radius 1 is 1.59 bits per heavy atom. The van der Waals surface area contributed by atoms with Gasteiger partial charge in [-0.2, -0.15) is 5.26 Å². The monoisotopic (exact) mass is 232 g/mol. The lowest BCUT2D eigenvalue weighted by Crippen LogP contribution is -2.36. The Bertz CT molecular complexity index is 474. The van der Waals surface area contributed by atoms with Gasteiger partial charge in [-0.3, -0.25) is 4.79 Å². The van der Waals surface area contributed by atoms with Crippen LogP contribution in [0.25, 0.3) is 0 Å². The summed E-state index contributed by atoms with van der Waals surface area (Å²) in [7, 11) is 0. The van der Waals surface area contributed by atoms with Gasteiger partial charge in [-0.05, 0) is 32.9 Å². The molecule has 1 heterocycles. The van der Waals surface area contributed by atoms with Crippen LogP contribution < -0.4 is 11.1 Å². The van der Waals surface area contributed by atoms with Gasteiger partial charge < -0.3 is 11.1 Å². The van der Waals surface area contributed by atoms with Gasteiger partial charge in [-0.25, -0.2) is 4.98 Å². The van der Waals surface area contributed by atoms with Crippen LogP contribution in [-0.4, -0.2) is 16.4 Å². The van der Waals surface area contributed by atoms with Crippen molar-refractivity contribution in [2.75, 3.05) is 5.32 Å². The average Bonchev–Trinajstić information content (AvgIpc) is 2.14. The first-order valence-electron chi connectivity index (χ1n) is 5.28. The van der Waals surface area contributed by atoms with E-state index >= 15 is 0 Å². The van der Waals surface area contributed by atoms with E-state index < -0.39 is 11.4 Å². The lowest BCUT2D eigenvalue weighted by atomic mass is 10.00. The normalized spacial score (nSPS) is 10.7. The number of hydrogen-bond acceptors (Lipinski definition) is 4. The number of aromatic nitrogens is 1. The smallest absolute Gasteiger partial charge is 0.219 e. The molecule has 1 aromatic heterocycles. The summed E-state index contributed by atoms with van der Waals surface area (Å²) in [6, 6.07) is 5.53. The lowest BCUT2D eigenvalue weighted by molar-refractivity contribution is -0.118. The molecule has 0 spiro atoms. The van der Waals surface area contributed by atoms with E-state index in [0.717, 1.165) is 5.69 Å². The Morgan fingerprint density at radius 2 is 2.24 bits per heavy atom. The van der Waals surface area contributed by atoms with Gasteiger partial charge in [0.1, 0.15) is 11.9 Å². The average molecular weight is 232 g/mol. The number of pyridine rings is 1. The molecule has 90 valence electrons. The summed E-state index contributed by atoms with van der Waals surface area (Å²) in [5.74, 6) is 0.0902. The number of primary amides is 1. The molecule has 0 saturated carbocycles. The summed E-state index contributed by atoms with van der Waals surface area (Å²) in [5.41, 5.74) is 5.90. The third-order valence-corrected chi connectivity index (χ3v) is 2.23. The topological polar surface area (TPSA) is 91.8 Å². The van der Waals surface area contributed by atoms with Crippen molar-refractivity contribution in [2.24, 2.45) is 5.73 Å². The highest BCUT2D eigenvalue weighted by Gasteiger charge is 2.22. The zero-order valence-electron chi connectivity index (χ0n) is 10.2. The van der Waals surface area contributed by atoms with E-state index in [1.165, 1.54) is 0 Å². The number of nitrogens with two attached hydrogens (primary N) is 1. The third-order valence-electron chi connectivity index (χ3n) is 2.23. The van der Waals surface area contributed by atoms with E-state index in [-0.39, 0.29) is 6.42 Å². The van der Waals surface area contributed by atoms with Gasteiger partial charge in [0.05, 0.1) is 5.56 Å². The highest BCUT2D eigenvalue weighted by atomic mass is 16.1. The van der Waals surface area contributed by atoms with Crippen LogP contribution in [0.2, 0.25) is 0 Å². The SMILES string of the molecule is Cc1ccc(C#N)c(NC(C)(C)CC(N)=O)n1. The van der Waals surface area contributed by atoms with Crippen LogP contribution in [0.1, 0.15) is 31.5 Å². The minimum Gasteiger partial charge on any atom is -0.370 e. The molecule has 5 heteroatoms. The lowest BCUT2D eigenvalue weighted by Gasteiger charge is -2.26. The maximum atomic E-state index is 10.9. The number of nitrogens with one attached hydrogen (secondary N) is 1. The summed E-state index contributed by atoms with van der Waals surface area (Å²) in [6.45, 7) is 5.51. The van der Waals surface area contributed by atoms with Crippen molar-refractivity contribution in [2.45, 2.75) is 32.7 Å². The molecule has 5 nitrogen and oxygen atoms in total. The molecule has 1 aromatic rings. The Labute approximate surface area is 101 Å². The van der Waals surface area contributed by atoms with Crippen LogP contribution in [0.5, 0.6) is 0 Å². The van der Waals surface area contributed by atoms with Crippen molar-refractivity contribution in [3.63, 3.8) is 0 Å². The van der Waals surface area contributed by atoms with Gasteiger partial charge in [-0.1, -0.05) is 0 Å². The van der Waals surface area contributed by atoms with Crippen LogP contribution in [0.4, 0.5) is 5.82 Å². The molecule has 0 aliphatic heterocycles. The van der Waals surface area contributed by atoms with Gasteiger partial charge >= 0.3 is 0 Å². The van der Waals surface area contributed by atoms with E-state index in [1.807, 2.05) is 20.8 Å². The first-order chi connectivity index (χ1) is 7.84. The molecule has 1 rings (SSSR count). The second-order valence-electron chi connectivity index (χ2n) is 4.61. The minimum atomic E-state index is -0.530. The number of hydrogen-bond donors (Lipinski definition) is 2. The van der Waals surface area contributed by atoms with Crippen LogP contribution in [0.3, 0.4) is 0 Å². The number of nitrogens with zero attached hydrogens (tertiary/aromatic N) is 2. The molecule has 1 amide bonds. The molecule has 0 unspecified atom stereocenters. The first kappa shape index (κ1) is 13.0. The fourth-order valence-electron chi connectivity index (χ4n) is 1.54. The van der Waals surface area contributed by atoms with Crippen LogP contribution >= 0.6 is 0 Å². The summed E-state index contributed by atoms with van der Waals surface area (Å²) in [4.78, 5) is 15.2. The zero-order valence-corrected chi connectivity index (χ0v) is 10.2. The van der Waals surface area contributed by atoms with Gasteiger partial charge in [0.2, 0.25) is 5.91 Å². The molecule has 0 radical (unpaired) electrons. The predicted octanol–water partition coefficient (Wildman–Crippen LogP) is 1.33. The third kappa shape index (κ3) is 3.76. The van der Waals surface area contributed by atoms with Crippen molar-refractivity contribution in [3.8, 4) is 6.07 Å². The van der Waals surface area contributed by atoms with Gasteiger partial charge in [-0.15, -0.1) is 0 Å². The zero-order chi connectivity index (χ0) is 13.1. The molecule has 0 aliphatic carbocycles. The van der Waals surface area contributed by atoms with E-state index in [2.05, 4.69) is 16.4 Å². The molecule has 0 bridgehead atoms. The maximum absolute atomic E-state index is 10.9. The standard InChI is InChI=1S/C12H16N4O/c1-8-4-5-9(7-13)11(15-8)16-12(2,3)6-10(14)17/h4-5H,6H2,1-3H3,(H2,14,17)(H,15,16). The number of anilines is 1. The molecule has 0 fully saturated rings. The number of carbonyl (C=O) groups excluding carboxylic acids is 1. The largest absolute Gasteiger partial charge is 0.370 e. The molecule has 3 N–H and O–H groups in total. The quantitative estimate of drug-likeness (QED) is 0.819. The van der Waals surface area contributed by atoms with Crippen molar-refractivity contribution < 1.29 is 4.79 Å². The van der Waals surface area contributed by atoms with E-state index in [9.17, 15) is 4.79 Å². The van der Waals surface area contributed by atoms with Crippen LogP contribution in [0.15, 0.2) is 12.1 Å². The number of amides is 1. The van der Waals surface area contributed by atoms with Crippen molar-refractivity contribution in [1.82, 2.24) is 4.98 Å². The van der Waals surface area contributed by atoms with Crippen molar-refractivity contribution >= 4 is 11.7 Å². The maximum Gasteiger partial charge on any atom is 0.219 e. The molecule has 17 heavy (non-hydrogen) atoms. The fourth-order valence-corrected chi connectivity index (χ4v) is 1.54. The Hall–Kier alpha value is -2.09. The highest BCUT2D eigenvalue weighted by molar-refractivity contribution is 5.75. The summed E-state index contributed by atoms with van der Waals surface area (Å²) in [6.07, 6.45) is 0.174. The van der Waals surface area contributed by atoms with Crippen molar-refractivity contribution in [3.05, 3.63) is 23.4 Å². The molecule has 0 aromatic carbocycles. The van der Waals surface area contributed by atoms with Crippen LogP contribution in [0, 0.1) is 18.3 Å². The number of nitriles is 1. The predicted molar refractivity (Wildman–Crippen MR) is 65.2 cm³/mol. The highest BCUT2D eigenvalue weighted by Crippen LogP contribution is 2.19. The van der Waals surface area contributed by atoms with Gasteiger partial charge in [0, 0.05) is 17.7 Å². The molecule has 0 atom stereocenters. The second-order valence-corrected chi connectivity index (χ2v) is 4.61. The van der Waals surface area contributed by atoms with E-state index in [4.69, 9.17) is 11.0 Å². The minimum absolute atomic E-state index is 0.174. The van der Waals surface area contributed by atoms with Crippen LogP contribution in [-0.2, 0) is 4.79 Å². The molecule has 0 aliphatic rings. The molecular formula is C12H16N4O. The van der Waals surface area contributed by atoms with E-state index in [1.54, 1.807) is 12.1 Å². The van der Waals surface area contributed by atoms with Gasteiger partial charge in [0.15, 0.2) is 0 Å². The Balaban J connectivity index is 2.98. The number of aryl methyl sites for hydroxylation is 1. The summed E-state index contributed by atoms with van der Waals surface area (Å²) >= 11 is 0. The number of carbonyl (C=O) groups is 1. The summed E-state index contributed by atoms with van der Waals surface area (Å²) in [5, 5.41) is 12.0. The molecule has 0 saturated heterocycles. The number of rotatable bonds is 4. The van der Waals surface area contributed by atoms with E-state index in [0.29, 0.717) is 11.4 Å². The van der Waals surface area contributed by atoms with Crippen molar-refractivity contribution in [1.29, 1.82) is 5.26 Å². The second kappa shape index (κ2) is 4.83. The fraction of sp³-hybridized carbons (Fsp3) is 0.417. The molecular weight excluding hydrogens is 216 g/mol. The Kier molecular flexibility index (Phi) is 3.69. The summed E-state index contributed by atoms with van der Waals surface area (Å²) < 4.78 is 0. The Morgan fingerprint density at radius 3 is 2.76 bits per heavy atom. The first-order valence-corrected chi connectivity index (χ1v) is 5.28.